The summed E-state index contributed by atoms with van der Waals surface area (Å²) in [6.07, 6.45) is 0.980. The summed E-state index contributed by atoms with van der Waals surface area (Å²) in [6.45, 7) is 7.77. The van der Waals surface area contributed by atoms with Crippen LogP contribution < -0.4 is 15.4 Å². The maximum absolute atomic E-state index is 11.4. The summed E-state index contributed by atoms with van der Waals surface area (Å²) < 4.78 is 5.53. The van der Waals surface area contributed by atoms with Crippen LogP contribution in [0.5, 0.6) is 5.75 Å². The fraction of sp³-hybridized carbons (Fsp3) is 0.533. The molecule has 0 radical (unpaired) electrons. The van der Waals surface area contributed by atoms with Crippen LogP contribution >= 0.6 is 11.6 Å². The molecule has 0 bridgehead atoms. The highest BCUT2D eigenvalue weighted by molar-refractivity contribution is 6.31. The van der Waals surface area contributed by atoms with Gasteiger partial charge in [0.15, 0.2) is 0 Å². The first kappa shape index (κ1) is 16.6. The van der Waals surface area contributed by atoms with Crippen LogP contribution in [0.3, 0.4) is 0 Å². The summed E-state index contributed by atoms with van der Waals surface area (Å²) >= 11 is 5.93. The predicted molar refractivity (Wildman–Crippen MR) is 82.5 cm³/mol. The summed E-state index contributed by atoms with van der Waals surface area (Å²) in [6, 6.07) is 5.35. The van der Waals surface area contributed by atoms with Gasteiger partial charge in [-0.05, 0) is 43.0 Å². The molecule has 2 amide bonds. The molecule has 5 heteroatoms. The van der Waals surface area contributed by atoms with Crippen molar-refractivity contribution in [3.05, 3.63) is 28.8 Å². The molecule has 0 saturated carbocycles. The number of halogens is 1. The first-order valence-corrected chi connectivity index (χ1v) is 7.27. The molecule has 0 saturated heterocycles. The van der Waals surface area contributed by atoms with Crippen molar-refractivity contribution in [2.75, 3.05) is 19.7 Å². The van der Waals surface area contributed by atoms with Gasteiger partial charge >= 0.3 is 6.03 Å². The number of benzene rings is 1. The number of hydrogen-bond acceptors (Lipinski definition) is 2. The summed E-state index contributed by atoms with van der Waals surface area (Å²) in [5.74, 6) is 1.35. The Balaban J connectivity index is 2.15. The zero-order chi connectivity index (χ0) is 15.0. The molecule has 0 aliphatic carbocycles. The average molecular weight is 299 g/mol. The van der Waals surface area contributed by atoms with Crippen molar-refractivity contribution in [2.45, 2.75) is 27.2 Å². The van der Waals surface area contributed by atoms with E-state index in [0.29, 0.717) is 25.6 Å². The van der Waals surface area contributed by atoms with Crippen molar-refractivity contribution in [1.82, 2.24) is 10.6 Å². The largest absolute Gasteiger partial charge is 0.492 e. The highest BCUT2D eigenvalue weighted by Crippen LogP contribution is 2.20. The second-order valence-corrected chi connectivity index (χ2v) is 5.53. The summed E-state index contributed by atoms with van der Waals surface area (Å²) in [5, 5.41) is 6.28. The van der Waals surface area contributed by atoms with Gasteiger partial charge in [0.25, 0.3) is 0 Å². The third-order valence-corrected chi connectivity index (χ3v) is 3.22. The van der Waals surface area contributed by atoms with E-state index >= 15 is 0 Å². The van der Waals surface area contributed by atoms with E-state index in [1.54, 1.807) is 6.07 Å². The number of urea groups is 1. The van der Waals surface area contributed by atoms with E-state index in [1.807, 2.05) is 19.1 Å². The number of rotatable bonds is 7. The molecule has 2 N–H and O–H groups in total. The van der Waals surface area contributed by atoms with E-state index in [4.69, 9.17) is 16.3 Å². The van der Waals surface area contributed by atoms with E-state index in [-0.39, 0.29) is 6.03 Å². The first-order chi connectivity index (χ1) is 9.49. The second kappa shape index (κ2) is 8.69. The van der Waals surface area contributed by atoms with Crippen LogP contribution in [0.2, 0.25) is 5.02 Å². The molecule has 0 spiro atoms. The first-order valence-electron chi connectivity index (χ1n) is 6.89. The van der Waals surface area contributed by atoms with Gasteiger partial charge in [0.1, 0.15) is 12.4 Å². The SMILES string of the molecule is Cc1cc(OCCNC(=O)NCCC(C)C)ccc1Cl. The minimum atomic E-state index is -0.151. The van der Waals surface area contributed by atoms with Gasteiger partial charge in [0.2, 0.25) is 0 Å². The third kappa shape index (κ3) is 6.66. The number of carbonyl (C=O) groups is 1. The molecule has 1 aromatic carbocycles. The van der Waals surface area contributed by atoms with Crippen LogP contribution in [-0.2, 0) is 0 Å². The molecule has 1 aromatic rings. The Morgan fingerprint density at radius 3 is 2.65 bits per heavy atom. The Labute approximate surface area is 125 Å². The number of aryl methyl sites for hydroxylation is 1. The van der Waals surface area contributed by atoms with Gasteiger partial charge < -0.3 is 15.4 Å². The van der Waals surface area contributed by atoms with Gasteiger partial charge in [-0.25, -0.2) is 4.79 Å². The summed E-state index contributed by atoms with van der Waals surface area (Å²) in [7, 11) is 0. The number of ether oxygens (including phenoxy) is 1. The van der Waals surface area contributed by atoms with Gasteiger partial charge in [-0.1, -0.05) is 25.4 Å². The van der Waals surface area contributed by atoms with Gasteiger partial charge in [0.05, 0.1) is 6.54 Å². The zero-order valence-electron chi connectivity index (χ0n) is 12.3. The Kier molecular flexibility index (Phi) is 7.23. The second-order valence-electron chi connectivity index (χ2n) is 5.12. The standard InChI is InChI=1S/C15H23ClN2O2/c1-11(2)6-7-17-15(19)18-8-9-20-13-4-5-14(16)12(3)10-13/h4-5,10-11H,6-9H2,1-3H3,(H2,17,18,19). The number of hydrogen-bond donors (Lipinski definition) is 2. The fourth-order valence-corrected chi connectivity index (χ4v) is 1.69. The average Bonchev–Trinajstić information content (AvgIpc) is 2.38. The monoisotopic (exact) mass is 298 g/mol. The van der Waals surface area contributed by atoms with E-state index in [0.717, 1.165) is 22.8 Å². The molecule has 0 aliphatic rings. The minimum absolute atomic E-state index is 0.151. The van der Waals surface area contributed by atoms with Gasteiger partial charge in [0, 0.05) is 11.6 Å². The molecule has 0 heterocycles. The normalized spacial score (nSPS) is 10.4. The lowest BCUT2D eigenvalue weighted by Crippen LogP contribution is -2.38. The van der Waals surface area contributed by atoms with E-state index in [9.17, 15) is 4.79 Å². The Morgan fingerprint density at radius 1 is 1.30 bits per heavy atom. The van der Waals surface area contributed by atoms with Crippen LogP contribution in [-0.4, -0.2) is 25.7 Å². The fourth-order valence-electron chi connectivity index (χ4n) is 1.58. The lowest BCUT2D eigenvalue weighted by atomic mass is 10.1. The van der Waals surface area contributed by atoms with Crippen molar-refractivity contribution < 1.29 is 9.53 Å². The molecule has 0 aliphatic heterocycles. The molecule has 0 fully saturated rings. The molecule has 4 nitrogen and oxygen atoms in total. The molecule has 1 rings (SSSR count). The van der Waals surface area contributed by atoms with E-state index in [1.165, 1.54) is 0 Å². The number of amides is 2. The highest BCUT2D eigenvalue weighted by Gasteiger charge is 2.01. The predicted octanol–water partition coefficient (Wildman–Crippen LogP) is 3.37. The zero-order valence-corrected chi connectivity index (χ0v) is 13.1. The molecule has 0 aromatic heterocycles. The van der Waals surface area contributed by atoms with Crippen LogP contribution in [0.15, 0.2) is 18.2 Å². The minimum Gasteiger partial charge on any atom is -0.492 e. The van der Waals surface area contributed by atoms with E-state index < -0.39 is 0 Å². The highest BCUT2D eigenvalue weighted by atomic mass is 35.5. The Bertz CT molecular complexity index is 436. The van der Waals surface area contributed by atoms with E-state index in [2.05, 4.69) is 24.5 Å². The quantitative estimate of drug-likeness (QED) is 0.758. The molecule has 112 valence electrons. The van der Waals surface area contributed by atoms with Crippen molar-refractivity contribution in [2.24, 2.45) is 5.92 Å². The van der Waals surface area contributed by atoms with Crippen molar-refractivity contribution in [3.63, 3.8) is 0 Å². The Morgan fingerprint density at radius 2 is 2.00 bits per heavy atom. The van der Waals surface area contributed by atoms with Gasteiger partial charge in [-0.3, -0.25) is 0 Å². The van der Waals surface area contributed by atoms with Gasteiger partial charge in [-0.2, -0.15) is 0 Å². The van der Waals surface area contributed by atoms with Crippen LogP contribution in [0.25, 0.3) is 0 Å². The molecular formula is C15H23ClN2O2. The van der Waals surface area contributed by atoms with Crippen molar-refractivity contribution in [3.8, 4) is 5.75 Å². The number of nitrogens with one attached hydrogen (secondary N) is 2. The van der Waals surface area contributed by atoms with Crippen LogP contribution in [0, 0.1) is 12.8 Å². The Hall–Kier alpha value is -1.42. The maximum Gasteiger partial charge on any atom is 0.314 e. The lowest BCUT2D eigenvalue weighted by molar-refractivity contribution is 0.236. The molecule has 20 heavy (non-hydrogen) atoms. The maximum atomic E-state index is 11.4. The van der Waals surface area contributed by atoms with Gasteiger partial charge in [-0.15, -0.1) is 0 Å². The molecule has 0 atom stereocenters. The molecular weight excluding hydrogens is 276 g/mol. The molecule has 0 unspecified atom stereocenters. The number of carbonyl (C=O) groups excluding carboxylic acids is 1. The topological polar surface area (TPSA) is 50.4 Å². The van der Waals surface area contributed by atoms with Crippen molar-refractivity contribution in [1.29, 1.82) is 0 Å². The van der Waals surface area contributed by atoms with Crippen molar-refractivity contribution >= 4 is 17.6 Å². The third-order valence-electron chi connectivity index (χ3n) is 2.79. The van der Waals surface area contributed by atoms with Crippen LogP contribution in [0.4, 0.5) is 4.79 Å². The van der Waals surface area contributed by atoms with Crippen LogP contribution in [0.1, 0.15) is 25.8 Å². The summed E-state index contributed by atoms with van der Waals surface area (Å²) in [5.41, 5.74) is 0.976. The summed E-state index contributed by atoms with van der Waals surface area (Å²) in [4.78, 5) is 11.4. The lowest BCUT2D eigenvalue weighted by Gasteiger charge is -2.10. The smallest absolute Gasteiger partial charge is 0.314 e.